The Labute approximate surface area is 159 Å². The molecule has 0 saturated carbocycles. The van der Waals surface area contributed by atoms with Crippen molar-refractivity contribution in [1.29, 1.82) is 0 Å². The second-order valence-corrected chi connectivity index (χ2v) is 7.01. The van der Waals surface area contributed by atoms with E-state index >= 15 is 0 Å². The fourth-order valence-corrected chi connectivity index (χ4v) is 3.27. The molecule has 1 aliphatic heterocycles. The molecule has 0 aromatic heterocycles. The fourth-order valence-electron chi connectivity index (χ4n) is 3.27. The Balaban J connectivity index is 1.73. The van der Waals surface area contributed by atoms with Gasteiger partial charge < -0.3 is 15.7 Å². The third-order valence-electron chi connectivity index (χ3n) is 4.74. The first-order valence-corrected chi connectivity index (χ1v) is 9.15. The number of aliphatic hydroxyl groups excluding tert-OH is 1. The molecule has 1 unspecified atom stereocenters. The Morgan fingerprint density at radius 3 is 2.48 bits per heavy atom. The highest BCUT2D eigenvalue weighted by atomic mass is 16.3. The van der Waals surface area contributed by atoms with Crippen LogP contribution in [0.5, 0.6) is 0 Å². The molecule has 3 N–H and O–H groups in total. The van der Waals surface area contributed by atoms with Gasteiger partial charge in [-0.3, -0.25) is 9.59 Å². The second-order valence-electron chi connectivity index (χ2n) is 7.01. The lowest BCUT2D eigenvalue weighted by Gasteiger charge is -2.13. The average Bonchev–Trinajstić information content (AvgIpc) is 2.94. The summed E-state index contributed by atoms with van der Waals surface area (Å²) < 4.78 is 0. The summed E-state index contributed by atoms with van der Waals surface area (Å²) in [4.78, 5) is 24.9. The lowest BCUT2D eigenvalue weighted by Crippen LogP contribution is -2.30. The first kappa shape index (κ1) is 18.7. The van der Waals surface area contributed by atoms with E-state index in [9.17, 15) is 14.7 Å². The van der Waals surface area contributed by atoms with Crippen LogP contribution < -0.4 is 10.6 Å². The van der Waals surface area contributed by atoms with Gasteiger partial charge in [-0.1, -0.05) is 62.4 Å². The minimum absolute atomic E-state index is 0.185. The first-order valence-electron chi connectivity index (χ1n) is 9.15. The molecule has 5 heteroatoms. The summed E-state index contributed by atoms with van der Waals surface area (Å²) in [5, 5.41) is 15.9. The number of anilines is 1. The van der Waals surface area contributed by atoms with E-state index in [-0.39, 0.29) is 17.3 Å². The smallest absolute Gasteiger partial charge is 0.264 e. The van der Waals surface area contributed by atoms with Crippen LogP contribution in [-0.2, 0) is 16.0 Å². The van der Waals surface area contributed by atoms with Crippen molar-refractivity contribution in [3.05, 3.63) is 77.1 Å². The van der Waals surface area contributed by atoms with E-state index in [0.29, 0.717) is 18.5 Å². The number of rotatable bonds is 6. The van der Waals surface area contributed by atoms with Crippen molar-refractivity contribution in [3.63, 3.8) is 0 Å². The molecule has 0 saturated heterocycles. The molecule has 1 heterocycles. The van der Waals surface area contributed by atoms with Crippen LogP contribution in [0.25, 0.3) is 0 Å². The zero-order chi connectivity index (χ0) is 19.4. The molecule has 3 rings (SSSR count). The van der Waals surface area contributed by atoms with E-state index in [0.717, 1.165) is 11.1 Å². The summed E-state index contributed by atoms with van der Waals surface area (Å²) in [5.41, 5.74) is 2.54. The van der Waals surface area contributed by atoms with Crippen LogP contribution in [0.15, 0.2) is 65.9 Å². The Morgan fingerprint density at radius 2 is 1.78 bits per heavy atom. The molecule has 2 aromatic carbocycles. The molecule has 0 fully saturated rings. The molecule has 0 spiro atoms. The van der Waals surface area contributed by atoms with Crippen LogP contribution >= 0.6 is 0 Å². The van der Waals surface area contributed by atoms with Crippen molar-refractivity contribution < 1.29 is 14.7 Å². The molecule has 1 atom stereocenters. The Morgan fingerprint density at radius 1 is 1.11 bits per heavy atom. The van der Waals surface area contributed by atoms with E-state index in [4.69, 9.17) is 0 Å². The minimum Gasteiger partial charge on any atom is -0.509 e. The second kappa shape index (κ2) is 8.08. The van der Waals surface area contributed by atoms with Gasteiger partial charge in [0.15, 0.2) is 0 Å². The van der Waals surface area contributed by atoms with E-state index in [1.165, 1.54) is 0 Å². The minimum atomic E-state index is -0.583. The molecule has 0 bridgehead atoms. The van der Waals surface area contributed by atoms with Gasteiger partial charge in [-0.05, 0) is 36.0 Å². The maximum Gasteiger partial charge on any atom is 0.264 e. The number of hydrogen-bond acceptors (Lipinski definition) is 3. The standard InChI is InChI=1S/C22H24N2O3/c1-14(2)16-10-6-7-11-17(16)23-21(26)19-20(25)18(24-22(19)27)13-12-15-8-4-3-5-9-15/h3-11,14,18,25H,12-13H2,1-2H3,(H,23,26)(H,24,27). The summed E-state index contributed by atoms with van der Waals surface area (Å²) in [6, 6.07) is 16.7. The first-order chi connectivity index (χ1) is 13.0. The summed E-state index contributed by atoms with van der Waals surface area (Å²) >= 11 is 0. The van der Waals surface area contributed by atoms with E-state index in [1.807, 2.05) is 62.4 Å². The maximum absolute atomic E-state index is 12.6. The van der Waals surface area contributed by atoms with Crippen molar-refractivity contribution in [2.75, 3.05) is 5.32 Å². The molecule has 2 amide bonds. The van der Waals surface area contributed by atoms with E-state index in [1.54, 1.807) is 6.07 Å². The molecule has 1 aliphatic rings. The van der Waals surface area contributed by atoms with Gasteiger partial charge in [-0.2, -0.15) is 0 Å². The van der Waals surface area contributed by atoms with Crippen molar-refractivity contribution >= 4 is 17.5 Å². The topological polar surface area (TPSA) is 78.4 Å². The number of carbonyl (C=O) groups excluding carboxylic acids is 2. The van der Waals surface area contributed by atoms with Crippen LogP contribution in [-0.4, -0.2) is 23.0 Å². The Kier molecular flexibility index (Phi) is 5.60. The quantitative estimate of drug-likeness (QED) is 0.684. The van der Waals surface area contributed by atoms with Crippen LogP contribution in [0.2, 0.25) is 0 Å². The van der Waals surface area contributed by atoms with Gasteiger partial charge in [0.25, 0.3) is 11.8 Å². The Bertz CT molecular complexity index is 872. The Hall–Kier alpha value is -3.08. The van der Waals surface area contributed by atoms with Crippen molar-refractivity contribution in [2.24, 2.45) is 0 Å². The highest BCUT2D eigenvalue weighted by molar-refractivity contribution is 6.24. The normalized spacial score (nSPS) is 16.6. The predicted octanol–water partition coefficient (Wildman–Crippen LogP) is 3.69. The average molecular weight is 364 g/mol. The van der Waals surface area contributed by atoms with Crippen LogP contribution in [0.1, 0.15) is 37.3 Å². The van der Waals surface area contributed by atoms with Crippen molar-refractivity contribution in [2.45, 2.75) is 38.6 Å². The third-order valence-corrected chi connectivity index (χ3v) is 4.74. The highest BCUT2D eigenvalue weighted by Gasteiger charge is 2.35. The van der Waals surface area contributed by atoms with Crippen LogP contribution in [0, 0.1) is 0 Å². The van der Waals surface area contributed by atoms with Gasteiger partial charge in [0.1, 0.15) is 11.3 Å². The molecule has 0 radical (unpaired) electrons. The van der Waals surface area contributed by atoms with Crippen molar-refractivity contribution in [3.8, 4) is 0 Å². The zero-order valence-electron chi connectivity index (χ0n) is 15.5. The molecule has 140 valence electrons. The van der Waals surface area contributed by atoms with Crippen LogP contribution in [0.3, 0.4) is 0 Å². The van der Waals surface area contributed by atoms with Gasteiger partial charge in [0.05, 0.1) is 6.04 Å². The summed E-state index contributed by atoms with van der Waals surface area (Å²) in [6.07, 6.45) is 1.22. The van der Waals surface area contributed by atoms with Gasteiger partial charge >= 0.3 is 0 Å². The van der Waals surface area contributed by atoms with Gasteiger partial charge in [0.2, 0.25) is 0 Å². The third kappa shape index (κ3) is 4.19. The van der Waals surface area contributed by atoms with E-state index in [2.05, 4.69) is 10.6 Å². The number of benzene rings is 2. The SMILES string of the molecule is CC(C)c1ccccc1NC(=O)C1=C(O)C(CCc2ccccc2)NC1=O. The van der Waals surface area contributed by atoms with Gasteiger partial charge in [-0.25, -0.2) is 0 Å². The molecule has 5 nitrogen and oxygen atoms in total. The molecule has 2 aromatic rings. The molecular weight excluding hydrogens is 340 g/mol. The van der Waals surface area contributed by atoms with E-state index < -0.39 is 17.9 Å². The lowest BCUT2D eigenvalue weighted by atomic mass is 10.0. The number of aryl methyl sites for hydroxylation is 1. The summed E-state index contributed by atoms with van der Waals surface area (Å²) in [6.45, 7) is 4.06. The van der Waals surface area contributed by atoms with Crippen LogP contribution in [0.4, 0.5) is 5.69 Å². The molecular formula is C22H24N2O3. The van der Waals surface area contributed by atoms with Crippen molar-refractivity contribution in [1.82, 2.24) is 5.32 Å². The van der Waals surface area contributed by atoms with Gasteiger partial charge in [-0.15, -0.1) is 0 Å². The fraction of sp³-hybridized carbons (Fsp3) is 0.273. The zero-order valence-corrected chi connectivity index (χ0v) is 15.5. The number of hydrogen-bond donors (Lipinski definition) is 3. The van der Waals surface area contributed by atoms with Gasteiger partial charge in [0, 0.05) is 5.69 Å². The summed E-state index contributed by atoms with van der Waals surface area (Å²) in [5.74, 6) is -1.08. The predicted molar refractivity (Wildman–Crippen MR) is 106 cm³/mol. The number of nitrogens with one attached hydrogen (secondary N) is 2. The maximum atomic E-state index is 12.6. The number of carbonyl (C=O) groups is 2. The summed E-state index contributed by atoms with van der Waals surface area (Å²) in [7, 11) is 0. The molecule has 0 aliphatic carbocycles. The number of aliphatic hydroxyl groups is 1. The monoisotopic (exact) mass is 364 g/mol. The molecule has 27 heavy (non-hydrogen) atoms. The number of para-hydroxylation sites is 1. The lowest BCUT2D eigenvalue weighted by molar-refractivity contribution is -0.120. The largest absolute Gasteiger partial charge is 0.509 e. The number of amides is 2. The highest BCUT2D eigenvalue weighted by Crippen LogP contribution is 2.26.